The second-order valence-electron chi connectivity index (χ2n) is 3.81. The van der Waals surface area contributed by atoms with Crippen molar-refractivity contribution < 1.29 is 20.1 Å². The Balaban J connectivity index is -0.0000000172. The smallest absolute Gasteiger partial charge is 0 e. The van der Waals surface area contributed by atoms with Crippen LogP contribution in [0, 0.1) is 12.8 Å². The third kappa shape index (κ3) is 336. The van der Waals surface area contributed by atoms with E-state index in [0.29, 0.717) is 0 Å². The topological polar surface area (TPSA) is 0 Å². The molecule has 0 rings (SSSR count). The largest absolute Gasteiger partial charge is 0.332 e. The van der Waals surface area contributed by atoms with E-state index >= 15 is 0 Å². The first-order valence-electron chi connectivity index (χ1n) is 14.4. The Morgan fingerprint density at radius 2 is 0.548 bits per heavy atom. The Morgan fingerprint density at radius 3 is 0.677 bits per heavy atom. The van der Waals surface area contributed by atoms with Gasteiger partial charge in [-0.1, -0.05) is 157 Å². The van der Waals surface area contributed by atoms with Crippen molar-refractivity contribution in [1.82, 2.24) is 0 Å². The Labute approximate surface area is 222 Å². The average Bonchev–Trinajstić information content (AvgIpc) is 2.90. The summed E-state index contributed by atoms with van der Waals surface area (Å²) < 4.78 is 0. The van der Waals surface area contributed by atoms with E-state index in [1.54, 1.807) is 0 Å². The average molecular weight is 631 g/mol. The predicted molar refractivity (Wildman–Crippen MR) is 159 cm³/mol. The van der Waals surface area contributed by atoms with Crippen LogP contribution in [-0.2, 0) is 20.1 Å². The van der Waals surface area contributed by atoms with E-state index in [4.69, 9.17) is 0 Å². The molecule has 0 aliphatic carbocycles. The van der Waals surface area contributed by atoms with Gasteiger partial charge in [0.2, 0.25) is 0 Å². The van der Waals surface area contributed by atoms with Gasteiger partial charge >= 0.3 is 0 Å². The molecule has 0 heterocycles. The Kier molecular flexibility index (Phi) is 534. The molecule has 0 atom stereocenters. The van der Waals surface area contributed by atoms with Gasteiger partial charge < -0.3 is 12.8 Å². The molecule has 0 aliphatic rings. The van der Waals surface area contributed by atoms with E-state index in [1.807, 2.05) is 111 Å². The van der Waals surface area contributed by atoms with Gasteiger partial charge in [0, 0.05) is 20.1 Å². The van der Waals surface area contributed by atoms with Gasteiger partial charge in [-0.2, -0.15) is 26.7 Å². The molecule has 0 nitrogen and oxygen atoms in total. The number of hydrogen-bond donors (Lipinski definition) is 0. The van der Waals surface area contributed by atoms with Crippen LogP contribution in [-0.4, -0.2) is 0 Å². The fraction of sp³-hybridized carbons (Fsp3) is 0.933. The monoisotopic (exact) mass is 632 g/mol. The summed E-state index contributed by atoms with van der Waals surface area (Å²) in [7, 11) is 0. The van der Waals surface area contributed by atoms with Crippen molar-refractivity contribution in [1.29, 1.82) is 0 Å². The summed E-state index contributed by atoms with van der Waals surface area (Å²) >= 11 is 0. The zero-order valence-corrected chi connectivity index (χ0v) is 29.5. The van der Waals surface area contributed by atoms with Gasteiger partial charge in [0.1, 0.15) is 0 Å². The van der Waals surface area contributed by atoms with Crippen LogP contribution in [0.3, 0.4) is 0 Å². The molecule has 0 amide bonds. The zero-order chi connectivity index (χ0) is 27.1. The quantitative estimate of drug-likeness (QED) is 0.185. The van der Waals surface area contributed by atoms with Crippen LogP contribution in [0.4, 0.5) is 0 Å². The Morgan fingerprint density at radius 1 is 0.355 bits per heavy atom. The molecule has 1 radical (unpaired) electrons. The molecule has 0 spiro atoms. The van der Waals surface area contributed by atoms with Gasteiger partial charge in [-0.05, 0) is 0 Å². The molecule has 0 aromatic rings. The first-order chi connectivity index (χ1) is 14.8. The normalized spacial score (nSPS) is 5.81. The molecule has 0 saturated heterocycles. The maximum absolute atomic E-state index is 2.25. The van der Waals surface area contributed by atoms with Crippen LogP contribution in [0.1, 0.15) is 190 Å². The van der Waals surface area contributed by atoms with Crippen molar-refractivity contribution in [3.8, 4) is 0 Å². The van der Waals surface area contributed by atoms with Gasteiger partial charge in [0.05, 0.1) is 0 Å². The summed E-state index contributed by atoms with van der Waals surface area (Å²) in [4.78, 5) is 0. The van der Waals surface area contributed by atoms with Gasteiger partial charge in [-0.25, -0.2) is 0 Å². The third-order valence-electron chi connectivity index (χ3n) is 2.19. The van der Waals surface area contributed by atoms with Gasteiger partial charge in [-0.15, -0.1) is 6.42 Å². The minimum Gasteiger partial charge on any atom is -0.332 e. The molecular weight excluding hydrogens is 553 g/mol. The second-order valence-corrected chi connectivity index (χ2v) is 3.81. The molecule has 0 N–H and O–H groups in total. The fourth-order valence-electron chi connectivity index (χ4n) is 1.20. The first kappa shape index (κ1) is 69.7. The molecule has 209 valence electrons. The van der Waals surface area contributed by atoms with Crippen molar-refractivity contribution in [3.05, 3.63) is 12.8 Å². The van der Waals surface area contributed by atoms with Gasteiger partial charge in [0.15, 0.2) is 0 Å². The van der Waals surface area contributed by atoms with Crippen LogP contribution in [0.5, 0.6) is 0 Å². The SMILES string of the molecule is CC.CC.CC.CC.CC.CC.CC.CC.CCCCCCC.C[CH-]CCC[CH-]C.[Ir]. The van der Waals surface area contributed by atoms with E-state index in [9.17, 15) is 0 Å². The number of rotatable bonds is 8. The fourth-order valence-corrected chi connectivity index (χ4v) is 1.20. The number of unbranched alkanes of at least 4 members (excludes halogenated alkanes) is 8. The molecular formula is C30H78Ir-2. The van der Waals surface area contributed by atoms with E-state index in [-0.39, 0.29) is 20.1 Å². The van der Waals surface area contributed by atoms with Crippen LogP contribution in [0.15, 0.2) is 0 Å². The molecule has 31 heavy (non-hydrogen) atoms. The summed E-state index contributed by atoms with van der Waals surface area (Å²) in [5.74, 6) is 0. The van der Waals surface area contributed by atoms with E-state index in [0.717, 1.165) is 0 Å². The maximum atomic E-state index is 2.25. The second kappa shape index (κ2) is 238. The molecule has 0 unspecified atom stereocenters. The van der Waals surface area contributed by atoms with Crippen LogP contribution in [0.25, 0.3) is 0 Å². The number of hydrogen-bond acceptors (Lipinski definition) is 0. The minimum atomic E-state index is 0. The van der Waals surface area contributed by atoms with Crippen LogP contribution in [0.2, 0.25) is 0 Å². The van der Waals surface area contributed by atoms with Gasteiger partial charge in [-0.3, -0.25) is 0 Å². The predicted octanol–water partition coefficient (Wildman–Crippen LogP) is 13.8. The van der Waals surface area contributed by atoms with Crippen molar-refractivity contribution in [2.45, 2.75) is 190 Å². The molecule has 0 fully saturated rings. The van der Waals surface area contributed by atoms with Crippen LogP contribution < -0.4 is 0 Å². The third-order valence-corrected chi connectivity index (χ3v) is 2.19. The summed E-state index contributed by atoms with van der Waals surface area (Å²) in [5.41, 5.74) is 0. The Hall–Kier alpha value is 0.649. The molecule has 0 aromatic carbocycles. The van der Waals surface area contributed by atoms with Crippen molar-refractivity contribution >= 4 is 0 Å². The van der Waals surface area contributed by atoms with E-state index in [1.165, 1.54) is 51.4 Å². The molecule has 0 aliphatic heterocycles. The minimum absolute atomic E-state index is 0. The standard InChI is InChI=1S/C7H16.C7H14.8C2H6.Ir/c2*1-3-5-7-6-4-2;8*1-2;/h3-7H2,1-2H3;3-4H,5-7H2,1-2H3;8*1-2H3;/q;-2;;;;;;;;;. The van der Waals surface area contributed by atoms with Gasteiger partial charge in [0.25, 0.3) is 0 Å². The molecule has 1 heteroatoms. The summed E-state index contributed by atoms with van der Waals surface area (Å²) in [6, 6.07) is 0. The molecule has 0 saturated carbocycles. The molecule has 0 aromatic heterocycles. The summed E-state index contributed by atoms with van der Waals surface area (Å²) in [6.07, 6.45) is 15.3. The maximum Gasteiger partial charge on any atom is 0 e. The molecule has 0 bridgehead atoms. The van der Waals surface area contributed by atoms with Crippen molar-refractivity contribution in [3.63, 3.8) is 0 Å². The zero-order valence-electron chi connectivity index (χ0n) is 27.1. The first-order valence-corrected chi connectivity index (χ1v) is 14.4. The van der Waals surface area contributed by atoms with Crippen LogP contribution >= 0.6 is 0 Å². The van der Waals surface area contributed by atoms with E-state index < -0.39 is 0 Å². The summed E-state index contributed by atoms with van der Waals surface area (Å²) in [6.45, 7) is 40.7. The Bertz CT molecular complexity index is 54.8. The van der Waals surface area contributed by atoms with Crippen molar-refractivity contribution in [2.24, 2.45) is 0 Å². The van der Waals surface area contributed by atoms with E-state index in [2.05, 4.69) is 40.5 Å². The van der Waals surface area contributed by atoms with Crippen molar-refractivity contribution in [2.75, 3.05) is 0 Å². The summed E-state index contributed by atoms with van der Waals surface area (Å²) in [5, 5.41) is 0.